The van der Waals surface area contributed by atoms with Crippen LogP contribution in [0.15, 0.2) is 71.6 Å². The zero-order valence-electron chi connectivity index (χ0n) is 18.4. The minimum absolute atomic E-state index is 0.207. The molecule has 3 aromatic carbocycles. The van der Waals surface area contributed by atoms with E-state index in [-0.39, 0.29) is 17.4 Å². The molecule has 0 heterocycles. The largest absolute Gasteiger partial charge is 0.482 e. The van der Waals surface area contributed by atoms with Gasteiger partial charge in [-0.15, -0.1) is 0 Å². The van der Waals surface area contributed by atoms with Crippen molar-refractivity contribution in [2.45, 2.75) is 18.7 Å². The van der Waals surface area contributed by atoms with Gasteiger partial charge in [0.1, 0.15) is 5.75 Å². The maximum absolute atomic E-state index is 12.7. The molecule has 0 aliphatic rings. The first-order chi connectivity index (χ1) is 15.7. The van der Waals surface area contributed by atoms with Gasteiger partial charge < -0.3 is 14.8 Å². The SMILES string of the molecule is COC(=O)COc1cccc(NC(=O)c2ccc(NS(=O)(=O)c3cc(C)ccc3C)cc2)c1. The summed E-state index contributed by atoms with van der Waals surface area (Å²) in [6.45, 7) is 3.32. The molecule has 2 N–H and O–H groups in total. The van der Waals surface area contributed by atoms with E-state index >= 15 is 0 Å². The molecule has 9 heteroatoms. The fourth-order valence-corrected chi connectivity index (χ4v) is 4.35. The Morgan fingerprint density at radius 1 is 0.909 bits per heavy atom. The Balaban J connectivity index is 1.67. The van der Waals surface area contributed by atoms with Crippen LogP contribution in [0.5, 0.6) is 5.75 Å². The van der Waals surface area contributed by atoms with Crippen molar-refractivity contribution in [3.05, 3.63) is 83.4 Å². The summed E-state index contributed by atoms with van der Waals surface area (Å²) in [5.41, 5.74) is 2.63. The second-order valence-corrected chi connectivity index (χ2v) is 8.95. The van der Waals surface area contributed by atoms with Gasteiger partial charge in [0.05, 0.1) is 12.0 Å². The Morgan fingerprint density at radius 2 is 1.64 bits per heavy atom. The average Bonchev–Trinajstić information content (AvgIpc) is 2.79. The number of hydrogen-bond acceptors (Lipinski definition) is 6. The first-order valence-electron chi connectivity index (χ1n) is 9.99. The number of sulfonamides is 1. The van der Waals surface area contributed by atoms with Gasteiger partial charge in [0, 0.05) is 23.0 Å². The smallest absolute Gasteiger partial charge is 0.343 e. The number of esters is 1. The zero-order valence-corrected chi connectivity index (χ0v) is 19.2. The number of carbonyl (C=O) groups excluding carboxylic acids is 2. The van der Waals surface area contributed by atoms with Gasteiger partial charge in [-0.2, -0.15) is 0 Å². The highest BCUT2D eigenvalue weighted by Crippen LogP contribution is 2.22. The van der Waals surface area contributed by atoms with Crippen LogP contribution in [0.25, 0.3) is 0 Å². The van der Waals surface area contributed by atoms with Crippen LogP contribution < -0.4 is 14.8 Å². The average molecular weight is 469 g/mol. The monoisotopic (exact) mass is 468 g/mol. The van der Waals surface area contributed by atoms with E-state index in [0.717, 1.165) is 5.56 Å². The molecule has 8 nitrogen and oxygen atoms in total. The first-order valence-corrected chi connectivity index (χ1v) is 11.5. The maximum Gasteiger partial charge on any atom is 0.343 e. The lowest BCUT2D eigenvalue weighted by Gasteiger charge is -2.12. The van der Waals surface area contributed by atoms with Crippen LogP contribution in [-0.2, 0) is 19.6 Å². The summed E-state index contributed by atoms with van der Waals surface area (Å²) in [5.74, 6) is -0.504. The molecule has 3 aromatic rings. The third-order valence-corrected chi connectivity index (χ3v) is 6.23. The topological polar surface area (TPSA) is 111 Å². The quantitative estimate of drug-likeness (QED) is 0.485. The van der Waals surface area contributed by atoms with Crippen LogP contribution >= 0.6 is 0 Å². The van der Waals surface area contributed by atoms with Gasteiger partial charge >= 0.3 is 5.97 Å². The number of ether oxygens (including phenoxy) is 2. The molecule has 172 valence electrons. The fourth-order valence-electron chi connectivity index (χ4n) is 2.96. The summed E-state index contributed by atoms with van der Waals surface area (Å²) in [5, 5.41) is 2.73. The summed E-state index contributed by atoms with van der Waals surface area (Å²) < 4.78 is 37.9. The molecule has 0 atom stereocenters. The van der Waals surface area contributed by atoms with Crippen molar-refractivity contribution in [2.75, 3.05) is 23.8 Å². The lowest BCUT2D eigenvalue weighted by atomic mass is 10.2. The second-order valence-electron chi connectivity index (χ2n) is 7.30. The predicted molar refractivity (Wildman–Crippen MR) is 125 cm³/mol. The standard InChI is InChI=1S/C24H24N2O6S/c1-16-7-8-17(2)22(13-16)33(29,30)26-19-11-9-18(10-12-19)24(28)25-20-5-4-6-21(14-20)32-15-23(27)31-3/h4-14,26H,15H2,1-3H3,(H,25,28). The molecule has 3 rings (SSSR count). The van der Waals surface area contributed by atoms with Gasteiger partial charge in [0.2, 0.25) is 0 Å². The molecule has 0 spiro atoms. The van der Waals surface area contributed by atoms with Gasteiger partial charge in [0.15, 0.2) is 6.61 Å². The van der Waals surface area contributed by atoms with Crippen LogP contribution in [-0.4, -0.2) is 34.0 Å². The predicted octanol–water partition coefficient (Wildman–Crippen LogP) is 3.91. The van der Waals surface area contributed by atoms with E-state index in [4.69, 9.17) is 4.74 Å². The van der Waals surface area contributed by atoms with Crippen LogP contribution in [0.1, 0.15) is 21.5 Å². The van der Waals surface area contributed by atoms with Crippen molar-refractivity contribution in [3.63, 3.8) is 0 Å². The number of rotatable bonds is 8. The van der Waals surface area contributed by atoms with Gasteiger partial charge in [0.25, 0.3) is 15.9 Å². The molecule has 0 aliphatic heterocycles. The first kappa shape index (κ1) is 23.8. The van der Waals surface area contributed by atoms with Crippen molar-refractivity contribution < 1.29 is 27.5 Å². The highest BCUT2D eigenvalue weighted by molar-refractivity contribution is 7.92. The van der Waals surface area contributed by atoms with E-state index in [1.165, 1.54) is 31.4 Å². The Kier molecular flexibility index (Phi) is 7.34. The van der Waals surface area contributed by atoms with E-state index in [1.807, 2.05) is 13.0 Å². The number of nitrogens with one attached hydrogen (secondary N) is 2. The molecule has 0 aromatic heterocycles. The summed E-state index contributed by atoms with van der Waals surface area (Å²) in [7, 11) is -2.50. The number of hydrogen-bond donors (Lipinski definition) is 2. The fraction of sp³-hybridized carbons (Fsp3) is 0.167. The van der Waals surface area contributed by atoms with Crippen molar-refractivity contribution >= 4 is 33.3 Å². The molecule has 1 amide bonds. The Morgan fingerprint density at radius 3 is 2.33 bits per heavy atom. The summed E-state index contributed by atoms with van der Waals surface area (Å²) in [6, 6.07) is 17.9. The molecule has 0 aliphatic carbocycles. The van der Waals surface area contributed by atoms with Crippen molar-refractivity contribution in [2.24, 2.45) is 0 Å². The summed E-state index contributed by atoms with van der Waals surface area (Å²) in [4.78, 5) is 24.0. The Hall–Kier alpha value is -3.85. The molecular formula is C24H24N2O6S. The molecule has 0 fully saturated rings. The molecule has 33 heavy (non-hydrogen) atoms. The molecule has 0 saturated heterocycles. The van der Waals surface area contributed by atoms with Crippen molar-refractivity contribution in [1.29, 1.82) is 0 Å². The maximum atomic E-state index is 12.7. The molecule has 0 saturated carbocycles. The number of anilines is 2. The Bertz CT molecular complexity index is 1270. The van der Waals surface area contributed by atoms with Crippen molar-refractivity contribution in [1.82, 2.24) is 0 Å². The van der Waals surface area contributed by atoms with Gasteiger partial charge in [-0.3, -0.25) is 9.52 Å². The van der Waals surface area contributed by atoms with E-state index in [2.05, 4.69) is 14.8 Å². The van der Waals surface area contributed by atoms with Gasteiger partial charge in [-0.1, -0.05) is 18.2 Å². The van der Waals surface area contributed by atoms with Gasteiger partial charge in [-0.05, 0) is 67.4 Å². The highest BCUT2D eigenvalue weighted by atomic mass is 32.2. The minimum atomic E-state index is -3.76. The third-order valence-electron chi connectivity index (χ3n) is 4.71. The summed E-state index contributed by atoms with van der Waals surface area (Å²) >= 11 is 0. The van der Waals surface area contributed by atoms with Crippen molar-refractivity contribution in [3.8, 4) is 5.75 Å². The van der Waals surface area contributed by atoms with Gasteiger partial charge in [-0.25, -0.2) is 13.2 Å². The lowest BCUT2D eigenvalue weighted by Crippen LogP contribution is -2.15. The van der Waals surface area contributed by atoms with Crippen LogP contribution in [0.2, 0.25) is 0 Å². The molecule has 0 bridgehead atoms. The minimum Gasteiger partial charge on any atom is -0.482 e. The van der Waals surface area contributed by atoms with E-state index in [9.17, 15) is 18.0 Å². The number of aryl methyl sites for hydroxylation is 2. The normalized spacial score (nSPS) is 10.9. The zero-order chi connectivity index (χ0) is 24.0. The van der Waals surface area contributed by atoms with Crippen LogP contribution in [0.4, 0.5) is 11.4 Å². The van der Waals surface area contributed by atoms with Crippen LogP contribution in [0, 0.1) is 13.8 Å². The molecule has 0 radical (unpaired) electrons. The Labute approximate surface area is 192 Å². The molecule has 0 unspecified atom stereocenters. The van der Waals surface area contributed by atoms with E-state index < -0.39 is 16.0 Å². The molecular weight excluding hydrogens is 444 g/mol. The second kappa shape index (κ2) is 10.2. The number of benzene rings is 3. The number of amides is 1. The number of carbonyl (C=O) groups is 2. The van der Waals surface area contributed by atoms with E-state index in [1.54, 1.807) is 43.3 Å². The number of methoxy groups -OCH3 is 1. The van der Waals surface area contributed by atoms with Crippen LogP contribution in [0.3, 0.4) is 0 Å². The summed E-state index contributed by atoms with van der Waals surface area (Å²) in [6.07, 6.45) is 0. The third kappa shape index (κ3) is 6.33. The lowest BCUT2D eigenvalue weighted by molar-refractivity contribution is -0.142. The van der Waals surface area contributed by atoms with E-state index in [0.29, 0.717) is 28.3 Å². The highest BCUT2D eigenvalue weighted by Gasteiger charge is 2.17.